The first-order valence-corrected chi connectivity index (χ1v) is 4.70. The van der Waals surface area contributed by atoms with Crippen molar-refractivity contribution in [2.45, 2.75) is 32.7 Å². The molecule has 0 aromatic carbocycles. The van der Waals surface area contributed by atoms with Crippen molar-refractivity contribution in [3.8, 4) is 12.3 Å². The predicted octanol–water partition coefficient (Wildman–Crippen LogP) is 0.514. The van der Waals surface area contributed by atoms with Gasteiger partial charge in [0.15, 0.2) is 0 Å². The molecule has 0 aromatic rings. The van der Waals surface area contributed by atoms with Gasteiger partial charge in [-0.15, -0.1) is 6.42 Å². The van der Waals surface area contributed by atoms with Crippen LogP contribution in [0.1, 0.15) is 26.7 Å². The molecule has 0 heterocycles. The zero-order chi connectivity index (χ0) is 10.1. The Kier molecular flexibility index (Phi) is 7.04. The van der Waals surface area contributed by atoms with Gasteiger partial charge in [0.25, 0.3) is 0 Å². The lowest BCUT2D eigenvalue weighted by Crippen LogP contribution is -2.38. The standard InChI is InChI=1S/C10H18N2O/c1-4-7-11-10(13)8-12-9(5-2)6-3/h2,9,12H,4,6-8H2,1,3H3,(H,11,13). The molecule has 1 atom stereocenters. The van der Waals surface area contributed by atoms with E-state index in [1.165, 1.54) is 0 Å². The van der Waals surface area contributed by atoms with Gasteiger partial charge in [0.2, 0.25) is 5.91 Å². The molecule has 0 spiro atoms. The average Bonchev–Trinajstić information content (AvgIpc) is 2.16. The number of hydrogen-bond acceptors (Lipinski definition) is 2. The van der Waals surface area contributed by atoms with Crippen LogP contribution in [-0.4, -0.2) is 25.0 Å². The Morgan fingerprint density at radius 2 is 2.23 bits per heavy atom. The molecule has 0 saturated carbocycles. The Morgan fingerprint density at radius 3 is 2.69 bits per heavy atom. The number of amides is 1. The van der Waals surface area contributed by atoms with E-state index < -0.39 is 0 Å². The molecule has 0 fully saturated rings. The second-order valence-corrected chi connectivity index (χ2v) is 2.86. The van der Waals surface area contributed by atoms with Crippen molar-refractivity contribution in [2.75, 3.05) is 13.1 Å². The highest BCUT2D eigenvalue weighted by Crippen LogP contribution is 1.86. The molecule has 0 radical (unpaired) electrons. The Labute approximate surface area is 80.3 Å². The van der Waals surface area contributed by atoms with Gasteiger partial charge in [-0.3, -0.25) is 10.1 Å². The third-order valence-electron chi connectivity index (χ3n) is 1.69. The third-order valence-corrected chi connectivity index (χ3v) is 1.69. The summed E-state index contributed by atoms with van der Waals surface area (Å²) >= 11 is 0. The fraction of sp³-hybridized carbons (Fsp3) is 0.700. The highest BCUT2D eigenvalue weighted by molar-refractivity contribution is 5.78. The van der Waals surface area contributed by atoms with E-state index >= 15 is 0 Å². The summed E-state index contributed by atoms with van der Waals surface area (Å²) in [6.07, 6.45) is 7.03. The largest absolute Gasteiger partial charge is 0.355 e. The van der Waals surface area contributed by atoms with E-state index in [-0.39, 0.29) is 11.9 Å². The van der Waals surface area contributed by atoms with Crippen molar-refractivity contribution in [1.82, 2.24) is 10.6 Å². The van der Waals surface area contributed by atoms with Crippen LogP contribution in [0.25, 0.3) is 0 Å². The fourth-order valence-corrected chi connectivity index (χ4v) is 0.864. The molecule has 0 aliphatic heterocycles. The van der Waals surface area contributed by atoms with Gasteiger partial charge in [0.05, 0.1) is 12.6 Å². The predicted molar refractivity (Wildman–Crippen MR) is 54.2 cm³/mol. The molecular formula is C10H18N2O. The van der Waals surface area contributed by atoms with Crippen molar-refractivity contribution in [2.24, 2.45) is 0 Å². The smallest absolute Gasteiger partial charge is 0.233 e. The number of hydrogen-bond donors (Lipinski definition) is 2. The van der Waals surface area contributed by atoms with Gasteiger partial charge >= 0.3 is 0 Å². The molecule has 0 aliphatic carbocycles. The fourth-order valence-electron chi connectivity index (χ4n) is 0.864. The van der Waals surface area contributed by atoms with E-state index in [0.29, 0.717) is 6.54 Å². The Hall–Kier alpha value is -1.01. The normalized spacial score (nSPS) is 11.8. The zero-order valence-electron chi connectivity index (χ0n) is 8.39. The maximum atomic E-state index is 11.1. The molecule has 3 heteroatoms. The maximum absolute atomic E-state index is 11.1. The first kappa shape index (κ1) is 12.0. The van der Waals surface area contributed by atoms with Crippen LogP contribution in [0.3, 0.4) is 0 Å². The van der Waals surface area contributed by atoms with Crippen molar-refractivity contribution < 1.29 is 4.79 Å². The van der Waals surface area contributed by atoms with Crippen molar-refractivity contribution in [1.29, 1.82) is 0 Å². The van der Waals surface area contributed by atoms with E-state index in [4.69, 9.17) is 6.42 Å². The molecule has 0 saturated heterocycles. The Balaban J connectivity index is 3.51. The van der Waals surface area contributed by atoms with Gasteiger partial charge < -0.3 is 5.32 Å². The molecule has 2 N–H and O–H groups in total. The molecule has 1 unspecified atom stereocenters. The maximum Gasteiger partial charge on any atom is 0.233 e. The minimum Gasteiger partial charge on any atom is -0.355 e. The van der Waals surface area contributed by atoms with Crippen LogP contribution in [0.5, 0.6) is 0 Å². The molecule has 0 bridgehead atoms. The first-order valence-electron chi connectivity index (χ1n) is 4.70. The SMILES string of the molecule is C#CC(CC)NCC(=O)NCCC. The molecule has 74 valence electrons. The summed E-state index contributed by atoms with van der Waals surface area (Å²) in [4.78, 5) is 11.1. The lowest BCUT2D eigenvalue weighted by Gasteiger charge is -2.09. The summed E-state index contributed by atoms with van der Waals surface area (Å²) in [6.45, 7) is 5.04. The van der Waals surface area contributed by atoms with E-state index in [1.807, 2.05) is 13.8 Å². The first-order chi connectivity index (χ1) is 6.24. The quantitative estimate of drug-likeness (QED) is 0.588. The monoisotopic (exact) mass is 182 g/mol. The van der Waals surface area contributed by atoms with Gasteiger partial charge in [-0.2, -0.15) is 0 Å². The summed E-state index contributed by atoms with van der Waals surface area (Å²) in [5.74, 6) is 2.58. The summed E-state index contributed by atoms with van der Waals surface area (Å²) in [7, 11) is 0. The number of terminal acetylenes is 1. The Morgan fingerprint density at radius 1 is 1.54 bits per heavy atom. The van der Waals surface area contributed by atoms with E-state index in [0.717, 1.165) is 19.4 Å². The summed E-state index contributed by atoms with van der Waals surface area (Å²) in [6, 6.07) is 0.00683. The van der Waals surface area contributed by atoms with Crippen LogP contribution >= 0.6 is 0 Å². The summed E-state index contributed by atoms with van der Waals surface area (Å²) < 4.78 is 0. The summed E-state index contributed by atoms with van der Waals surface area (Å²) in [5.41, 5.74) is 0. The van der Waals surface area contributed by atoms with Gasteiger partial charge in [0.1, 0.15) is 0 Å². The minimum atomic E-state index is 0.00683. The van der Waals surface area contributed by atoms with Gasteiger partial charge in [-0.1, -0.05) is 19.8 Å². The van der Waals surface area contributed by atoms with Crippen LogP contribution < -0.4 is 10.6 Å². The van der Waals surface area contributed by atoms with E-state index in [2.05, 4.69) is 16.6 Å². The minimum absolute atomic E-state index is 0.00683. The number of nitrogens with one attached hydrogen (secondary N) is 2. The van der Waals surface area contributed by atoms with Crippen LogP contribution in [0, 0.1) is 12.3 Å². The van der Waals surface area contributed by atoms with Crippen LogP contribution in [0.15, 0.2) is 0 Å². The molecule has 0 aromatic heterocycles. The van der Waals surface area contributed by atoms with Crippen molar-refractivity contribution in [3.05, 3.63) is 0 Å². The Bertz CT molecular complexity index is 184. The lowest BCUT2D eigenvalue weighted by molar-refractivity contribution is -0.120. The molecule has 3 nitrogen and oxygen atoms in total. The summed E-state index contributed by atoms with van der Waals surface area (Å²) in [5, 5.41) is 5.75. The lowest BCUT2D eigenvalue weighted by atomic mass is 10.2. The molecule has 13 heavy (non-hydrogen) atoms. The number of carbonyl (C=O) groups is 1. The average molecular weight is 182 g/mol. The highest BCUT2D eigenvalue weighted by atomic mass is 16.1. The molecule has 0 aliphatic rings. The van der Waals surface area contributed by atoms with Crippen LogP contribution in [-0.2, 0) is 4.79 Å². The van der Waals surface area contributed by atoms with Crippen molar-refractivity contribution >= 4 is 5.91 Å². The molecule has 1 amide bonds. The second kappa shape index (κ2) is 7.63. The van der Waals surface area contributed by atoms with Crippen molar-refractivity contribution in [3.63, 3.8) is 0 Å². The zero-order valence-corrected chi connectivity index (χ0v) is 8.39. The van der Waals surface area contributed by atoms with Gasteiger partial charge in [-0.25, -0.2) is 0 Å². The number of carbonyl (C=O) groups excluding carboxylic acids is 1. The third kappa shape index (κ3) is 6.18. The van der Waals surface area contributed by atoms with Gasteiger partial charge in [0, 0.05) is 6.54 Å². The number of rotatable bonds is 6. The molecular weight excluding hydrogens is 164 g/mol. The molecule has 0 rings (SSSR count). The van der Waals surface area contributed by atoms with E-state index in [9.17, 15) is 4.79 Å². The topological polar surface area (TPSA) is 41.1 Å². The van der Waals surface area contributed by atoms with Gasteiger partial charge in [-0.05, 0) is 12.8 Å². The van der Waals surface area contributed by atoms with Crippen LogP contribution in [0.4, 0.5) is 0 Å². The van der Waals surface area contributed by atoms with Crippen LogP contribution in [0.2, 0.25) is 0 Å². The second-order valence-electron chi connectivity index (χ2n) is 2.86. The van der Waals surface area contributed by atoms with E-state index in [1.54, 1.807) is 0 Å². The highest BCUT2D eigenvalue weighted by Gasteiger charge is 2.03.